The number of nitrogens with one attached hydrogen (secondary N) is 1. The summed E-state index contributed by atoms with van der Waals surface area (Å²) in [7, 11) is 0. The molecule has 0 aliphatic carbocycles. The van der Waals surface area contributed by atoms with Gasteiger partial charge in [0.25, 0.3) is 0 Å². The van der Waals surface area contributed by atoms with Gasteiger partial charge in [0.15, 0.2) is 0 Å². The zero-order valence-electron chi connectivity index (χ0n) is 8.75. The van der Waals surface area contributed by atoms with E-state index in [1.165, 1.54) is 18.9 Å². The van der Waals surface area contributed by atoms with Crippen LogP contribution in [0, 0.1) is 5.41 Å². The van der Waals surface area contributed by atoms with Crippen molar-refractivity contribution in [1.29, 1.82) is 0 Å². The molecule has 0 saturated carbocycles. The quantitative estimate of drug-likeness (QED) is 0.625. The van der Waals surface area contributed by atoms with E-state index < -0.39 is 0 Å². The topological polar surface area (TPSA) is 32.3 Å². The standard InChI is InChI=1S/C11H18N2O/c1-3-10(14)13-8-11(9(13)2)4-6-12-7-5-11/h3,9,12H,1,4-8H2,2H3/t9-/m1/s1. The number of piperidine rings is 1. The molecular weight excluding hydrogens is 176 g/mol. The van der Waals surface area contributed by atoms with Crippen LogP contribution in [0.15, 0.2) is 12.7 Å². The average Bonchev–Trinajstić information content (AvgIpc) is 2.26. The molecule has 78 valence electrons. The van der Waals surface area contributed by atoms with Crippen LogP contribution in [0.25, 0.3) is 0 Å². The third-order valence-electron chi connectivity index (χ3n) is 3.90. The van der Waals surface area contributed by atoms with Gasteiger partial charge in [0.1, 0.15) is 0 Å². The van der Waals surface area contributed by atoms with E-state index in [9.17, 15) is 4.79 Å². The van der Waals surface area contributed by atoms with Gasteiger partial charge < -0.3 is 10.2 Å². The van der Waals surface area contributed by atoms with Crippen LogP contribution in [0.1, 0.15) is 19.8 Å². The fourth-order valence-electron chi connectivity index (χ4n) is 2.71. The molecule has 2 rings (SSSR count). The van der Waals surface area contributed by atoms with Gasteiger partial charge in [-0.2, -0.15) is 0 Å². The molecule has 2 heterocycles. The zero-order valence-corrected chi connectivity index (χ0v) is 8.75. The van der Waals surface area contributed by atoms with Crippen LogP contribution >= 0.6 is 0 Å². The number of carbonyl (C=O) groups is 1. The Bertz CT molecular complexity index is 256. The first-order valence-electron chi connectivity index (χ1n) is 5.33. The molecule has 3 nitrogen and oxygen atoms in total. The number of hydrogen-bond acceptors (Lipinski definition) is 2. The summed E-state index contributed by atoms with van der Waals surface area (Å²) in [6.07, 6.45) is 3.83. The predicted molar refractivity (Wildman–Crippen MR) is 55.9 cm³/mol. The van der Waals surface area contributed by atoms with Gasteiger partial charge in [0.2, 0.25) is 5.91 Å². The number of likely N-dealkylation sites (tertiary alicyclic amines) is 1. The van der Waals surface area contributed by atoms with Crippen molar-refractivity contribution in [1.82, 2.24) is 10.2 Å². The van der Waals surface area contributed by atoms with Crippen LogP contribution < -0.4 is 5.32 Å². The Hall–Kier alpha value is -0.830. The van der Waals surface area contributed by atoms with Crippen molar-refractivity contribution >= 4 is 5.91 Å². The summed E-state index contributed by atoms with van der Waals surface area (Å²) in [6, 6.07) is 0.398. The van der Waals surface area contributed by atoms with E-state index in [4.69, 9.17) is 0 Å². The van der Waals surface area contributed by atoms with Crippen molar-refractivity contribution in [2.45, 2.75) is 25.8 Å². The maximum Gasteiger partial charge on any atom is 0.246 e. The third-order valence-corrected chi connectivity index (χ3v) is 3.90. The third kappa shape index (κ3) is 1.27. The first-order chi connectivity index (χ1) is 6.69. The lowest BCUT2D eigenvalue weighted by atomic mass is 9.66. The summed E-state index contributed by atoms with van der Waals surface area (Å²) < 4.78 is 0. The van der Waals surface area contributed by atoms with Crippen LogP contribution in [0.5, 0.6) is 0 Å². The van der Waals surface area contributed by atoms with E-state index in [1.807, 2.05) is 4.90 Å². The van der Waals surface area contributed by atoms with Gasteiger partial charge in [-0.1, -0.05) is 6.58 Å². The molecule has 0 aromatic heterocycles. The highest BCUT2D eigenvalue weighted by Crippen LogP contribution is 2.44. The van der Waals surface area contributed by atoms with E-state index in [-0.39, 0.29) is 5.91 Å². The number of nitrogens with zero attached hydrogens (tertiary/aromatic N) is 1. The fourth-order valence-corrected chi connectivity index (χ4v) is 2.71. The monoisotopic (exact) mass is 194 g/mol. The van der Waals surface area contributed by atoms with Gasteiger partial charge in [0, 0.05) is 18.0 Å². The molecule has 2 aliphatic rings. The molecule has 0 unspecified atom stereocenters. The van der Waals surface area contributed by atoms with Gasteiger partial charge in [-0.05, 0) is 38.9 Å². The van der Waals surface area contributed by atoms with E-state index >= 15 is 0 Å². The van der Waals surface area contributed by atoms with Gasteiger partial charge in [-0.15, -0.1) is 0 Å². The summed E-state index contributed by atoms with van der Waals surface area (Å²) in [5.41, 5.74) is 0.407. The maximum atomic E-state index is 11.4. The first-order valence-corrected chi connectivity index (χ1v) is 5.33. The van der Waals surface area contributed by atoms with Crippen LogP contribution in [-0.4, -0.2) is 36.5 Å². The minimum Gasteiger partial charge on any atom is -0.335 e. The lowest BCUT2D eigenvalue weighted by Gasteiger charge is -2.58. The predicted octanol–water partition coefficient (Wildman–Crippen LogP) is 0.773. The van der Waals surface area contributed by atoms with Crippen molar-refractivity contribution in [2.24, 2.45) is 5.41 Å². The summed E-state index contributed by atoms with van der Waals surface area (Å²) in [6.45, 7) is 8.82. The molecule has 2 saturated heterocycles. The summed E-state index contributed by atoms with van der Waals surface area (Å²) in [5, 5.41) is 3.36. The second-order valence-electron chi connectivity index (χ2n) is 4.46. The number of carbonyl (C=O) groups excluding carboxylic acids is 1. The molecule has 1 atom stereocenters. The van der Waals surface area contributed by atoms with E-state index in [0.717, 1.165) is 19.6 Å². The number of amides is 1. The van der Waals surface area contributed by atoms with E-state index in [1.54, 1.807) is 0 Å². The Morgan fingerprint density at radius 1 is 1.57 bits per heavy atom. The summed E-state index contributed by atoms with van der Waals surface area (Å²) in [4.78, 5) is 13.4. The summed E-state index contributed by atoms with van der Waals surface area (Å²) >= 11 is 0. The van der Waals surface area contributed by atoms with Crippen molar-refractivity contribution in [2.75, 3.05) is 19.6 Å². The molecule has 2 aliphatic heterocycles. The molecule has 0 aromatic rings. The van der Waals surface area contributed by atoms with Gasteiger partial charge >= 0.3 is 0 Å². The molecule has 3 heteroatoms. The number of hydrogen-bond donors (Lipinski definition) is 1. The van der Waals surface area contributed by atoms with Gasteiger partial charge in [-0.3, -0.25) is 4.79 Å². The highest BCUT2D eigenvalue weighted by Gasteiger charge is 2.51. The molecule has 2 fully saturated rings. The Balaban J connectivity index is 2.00. The molecule has 14 heavy (non-hydrogen) atoms. The minimum absolute atomic E-state index is 0.0849. The highest BCUT2D eigenvalue weighted by atomic mass is 16.2. The van der Waals surface area contributed by atoms with Crippen LogP contribution in [0.4, 0.5) is 0 Å². The smallest absolute Gasteiger partial charge is 0.246 e. The highest BCUT2D eigenvalue weighted by molar-refractivity contribution is 5.88. The number of rotatable bonds is 1. The second-order valence-corrected chi connectivity index (χ2v) is 4.46. The van der Waals surface area contributed by atoms with Crippen LogP contribution in [0.2, 0.25) is 0 Å². The Kier molecular flexibility index (Phi) is 2.35. The molecular formula is C11H18N2O. The van der Waals surface area contributed by atoms with Crippen molar-refractivity contribution in [3.05, 3.63) is 12.7 Å². The lowest BCUT2D eigenvalue weighted by molar-refractivity contribution is -0.150. The maximum absolute atomic E-state index is 11.4. The first kappa shape index (κ1) is 9.71. The minimum atomic E-state index is 0.0849. The van der Waals surface area contributed by atoms with E-state index in [0.29, 0.717) is 11.5 Å². The normalized spacial score (nSPS) is 29.8. The van der Waals surface area contributed by atoms with Crippen molar-refractivity contribution in [3.8, 4) is 0 Å². The molecule has 1 amide bonds. The SMILES string of the molecule is C=CC(=O)N1CC2(CCNCC2)[C@H]1C. The Morgan fingerprint density at radius 2 is 2.21 bits per heavy atom. The Morgan fingerprint density at radius 3 is 2.71 bits per heavy atom. The van der Waals surface area contributed by atoms with Crippen molar-refractivity contribution < 1.29 is 4.79 Å². The molecule has 0 radical (unpaired) electrons. The molecule has 1 N–H and O–H groups in total. The average molecular weight is 194 g/mol. The second kappa shape index (κ2) is 3.39. The van der Waals surface area contributed by atoms with Crippen molar-refractivity contribution in [3.63, 3.8) is 0 Å². The molecule has 0 bridgehead atoms. The van der Waals surface area contributed by atoms with Crippen LogP contribution in [0.3, 0.4) is 0 Å². The van der Waals surface area contributed by atoms with E-state index in [2.05, 4.69) is 18.8 Å². The molecule has 1 spiro atoms. The lowest BCUT2D eigenvalue weighted by Crippen LogP contribution is -2.67. The van der Waals surface area contributed by atoms with Gasteiger partial charge in [0.05, 0.1) is 0 Å². The zero-order chi connectivity index (χ0) is 10.2. The van der Waals surface area contributed by atoms with Gasteiger partial charge in [-0.25, -0.2) is 0 Å². The molecule has 0 aromatic carbocycles. The largest absolute Gasteiger partial charge is 0.335 e. The fraction of sp³-hybridized carbons (Fsp3) is 0.727. The summed E-state index contributed by atoms with van der Waals surface area (Å²) in [5.74, 6) is 0.0849. The Labute approximate surface area is 85.2 Å². The van der Waals surface area contributed by atoms with Crippen LogP contribution in [-0.2, 0) is 4.79 Å².